The third-order valence-corrected chi connectivity index (χ3v) is 4.57. The summed E-state index contributed by atoms with van der Waals surface area (Å²) in [7, 11) is 0. The second kappa shape index (κ2) is 9.87. The van der Waals surface area contributed by atoms with E-state index in [9.17, 15) is 4.79 Å². The van der Waals surface area contributed by atoms with E-state index in [0.29, 0.717) is 19.5 Å². The largest absolute Gasteiger partial charge is 0.345 e. The van der Waals surface area contributed by atoms with E-state index in [1.54, 1.807) is 0 Å². The minimum atomic E-state index is 0.219. The lowest BCUT2D eigenvalue weighted by atomic mass is 10.1. The van der Waals surface area contributed by atoms with E-state index < -0.39 is 0 Å². The first-order valence-electron chi connectivity index (χ1n) is 9.23. The van der Waals surface area contributed by atoms with Crippen molar-refractivity contribution in [2.45, 2.75) is 52.6 Å². The summed E-state index contributed by atoms with van der Waals surface area (Å²) in [6.45, 7) is 10.2. The Labute approximate surface area is 152 Å². The van der Waals surface area contributed by atoms with Crippen LogP contribution in [0, 0.1) is 6.92 Å². The molecule has 0 aliphatic heterocycles. The first-order chi connectivity index (χ1) is 12.2. The Morgan fingerprint density at radius 2 is 2.00 bits per heavy atom. The van der Waals surface area contributed by atoms with E-state index in [-0.39, 0.29) is 5.91 Å². The Balaban J connectivity index is 2.07. The van der Waals surface area contributed by atoms with Gasteiger partial charge in [0.2, 0.25) is 5.91 Å². The number of hydrogen-bond donors (Lipinski definition) is 0. The van der Waals surface area contributed by atoms with Crippen LogP contribution in [0.3, 0.4) is 0 Å². The molecule has 0 aliphatic carbocycles. The van der Waals surface area contributed by atoms with E-state index in [0.717, 1.165) is 31.5 Å². The van der Waals surface area contributed by atoms with Gasteiger partial charge in [-0.25, -0.2) is 0 Å². The van der Waals surface area contributed by atoms with E-state index in [2.05, 4.69) is 67.6 Å². The number of amides is 1. The van der Waals surface area contributed by atoms with E-state index in [4.69, 9.17) is 0 Å². The van der Waals surface area contributed by atoms with Gasteiger partial charge in [0.15, 0.2) is 0 Å². The summed E-state index contributed by atoms with van der Waals surface area (Å²) >= 11 is 0. The van der Waals surface area contributed by atoms with E-state index in [1.807, 2.05) is 11.0 Å². The lowest BCUT2D eigenvalue weighted by Crippen LogP contribution is -2.31. The van der Waals surface area contributed by atoms with Crippen LogP contribution in [0.2, 0.25) is 0 Å². The molecule has 3 heteroatoms. The molecule has 2 rings (SSSR count). The van der Waals surface area contributed by atoms with Crippen LogP contribution in [0.4, 0.5) is 0 Å². The van der Waals surface area contributed by atoms with Crippen molar-refractivity contribution in [1.29, 1.82) is 0 Å². The fourth-order valence-electron chi connectivity index (χ4n) is 3.01. The topological polar surface area (TPSA) is 25.2 Å². The molecule has 0 aliphatic rings. The van der Waals surface area contributed by atoms with Gasteiger partial charge in [0, 0.05) is 31.4 Å². The second-order valence-electron chi connectivity index (χ2n) is 6.57. The molecule has 0 fully saturated rings. The molecule has 0 unspecified atom stereocenters. The van der Waals surface area contributed by atoms with Crippen molar-refractivity contribution in [3.05, 3.63) is 72.1 Å². The smallest absolute Gasteiger partial charge is 0.223 e. The first-order valence-corrected chi connectivity index (χ1v) is 9.23. The number of hydrogen-bond acceptors (Lipinski definition) is 1. The van der Waals surface area contributed by atoms with Gasteiger partial charge in [-0.1, -0.05) is 50.1 Å². The van der Waals surface area contributed by atoms with Crippen molar-refractivity contribution in [3.8, 4) is 0 Å². The van der Waals surface area contributed by atoms with Crippen LogP contribution >= 0.6 is 0 Å². The molecule has 0 saturated heterocycles. The van der Waals surface area contributed by atoms with Gasteiger partial charge < -0.3 is 9.47 Å². The van der Waals surface area contributed by atoms with Crippen molar-refractivity contribution in [2.24, 2.45) is 0 Å². The molecule has 1 aromatic heterocycles. The fourth-order valence-corrected chi connectivity index (χ4v) is 3.01. The van der Waals surface area contributed by atoms with Crippen LogP contribution in [-0.2, 0) is 17.9 Å². The highest BCUT2D eigenvalue weighted by atomic mass is 16.2. The monoisotopic (exact) mass is 338 g/mol. The predicted molar refractivity (Wildman–Crippen MR) is 104 cm³/mol. The zero-order valence-electron chi connectivity index (χ0n) is 15.6. The summed E-state index contributed by atoms with van der Waals surface area (Å²) in [5.74, 6) is 0.219. The molecule has 0 saturated carbocycles. The van der Waals surface area contributed by atoms with Gasteiger partial charge in [-0.15, -0.1) is 6.58 Å². The maximum absolute atomic E-state index is 12.5. The zero-order chi connectivity index (χ0) is 18.1. The number of unbranched alkanes of at least 4 members (excludes halogenated alkanes) is 2. The lowest BCUT2D eigenvalue weighted by molar-refractivity contribution is -0.131. The van der Waals surface area contributed by atoms with E-state index in [1.165, 1.54) is 11.1 Å². The Hall–Kier alpha value is -2.29. The molecule has 3 nitrogen and oxygen atoms in total. The molecule has 0 atom stereocenters. The number of benzene rings is 1. The number of nitrogens with zero attached hydrogens (tertiary/aromatic N) is 2. The molecule has 25 heavy (non-hydrogen) atoms. The highest BCUT2D eigenvalue weighted by molar-refractivity contribution is 5.76. The molecule has 0 bridgehead atoms. The maximum Gasteiger partial charge on any atom is 0.223 e. The van der Waals surface area contributed by atoms with Gasteiger partial charge in [0.1, 0.15) is 0 Å². The van der Waals surface area contributed by atoms with Gasteiger partial charge in [-0.2, -0.15) is 0 Å². The van der Waals surface area contributed by atoms with Gasteiger partial charge in [0.05, 0.1) is 6.54 Å². The van der Waals surface area contributed by atoms with Gasteiger partial charge in [0.25, 0.3) is 0 Å². The quantitative estimate of drug-likeness (QED) is 0.445. The van der Waals surface area contributed by atoms with Crippen LogP contribution in [0.25, 0.3) is 0 Å². The van der Waals surface area contributed by atoms with Crippen LogP contribution in [0.1, 0.15) is 49.4 Å². The molecule has 1 aromatic carbocycles. The second-order valence-corrected chi connectivity index (χ2v) is 6.57. The Kier molecular flexibility index (Phi) is 7.52. The molecule has 134 valence electrons. The number of aryl methyl sites for hydroxylation is 1. The molecule has 2 aromatic rings. The number of rotatable bonds is 10. The highest BCUT2D eigenvalue weighted by Crippen LogP contribution is 2.14. The summed E-state index contributed by atoms with van der Waals surface area (Å²) in [4.78, 5) is 14.4. The molecular weight excluding hydrogens is 308 g/mol. The van der Waals surface area contributed by atoms with Gasteiger partial charge in [-0.3, -0.25) is 4.79 Å². The summed E-state index contributed by atoms with van der Waals surface area (Å²) in [6, 6.07) is 12.6. The third kappa shape index (κ3) is 5.63. The number of aromatic nitrogens is 1. The Morgan fingerprint density at radius 1 is 1.20 bits per heavy atom. The molecule has 0 N–H and O–H groups in total. The average Bonchev–Trinajstić information content (AvgIpc) is 3.03. The predicted octanol–water partition coefficient (Wildman–Crippen LogP) is 4.94. The summed E-state index contributed by atoms with van der Waals surface area (Å²) in [5.41, 5.74) is 3.76. The molecule has 0 radical (unpaired) electrons. The van der Waals surface area contributed by atoms with Crippen LogP contribution in [0.15, 0.2) is 55.3 Å². The standard InChI is InChI=1S/C22H30N2O/c1-4-6-7-14-22(25)24(15-5-2)18-21-13-10-16-23(21)17-20-12-9-8-11-19(20)3/h5,8-13,16H,2,4,6-7,14-15,17-18H2,1,3H3. The van der Waals surface area contributed by atoms with Crippen LogP contribution < -0.4 is 0 Å². The number of carbonyl (C=O) groups excluding carboxylic acids is 1. The van der Waals surface area contributed by atoms with Crippen LogP contribution in [0.5, 0.6) is 0 Å². The van der Waals surface area contributed by atoms with Crippen molar-refractivity contribution in [2.75, 3.05) is 6.54 Å². The molecule has 1 heterocycles. The Morgan fingerprint density at radius 3 is 2.72 bits per heavy atom. The number of carbonyl (C=O) groups is 1. The van der Waals surface area contributed by atoms with Crippen molar-refractivity contribution in [1.82, 2.24) is 9.47 Å². The minimum Gasteiger partial charge on any atom is -0.345 e. The van der Waals surface area contributed by atoms with E-state index >= 15 is 0 Å². The molecule has 0 spiro atoms. The summed E-state index contributed by atoms with van der Waals surface area (Å²) < 4.78 is 2.23. The SMILES string of the molecule is C=CCN(Cc1cccn1Cc1ccccc1C)C(=O)CCCCC. The first kappa shape index (κ1) is 19.0. The van der Waals surface area contributed by atoms with Crippen molar-refractivity contribution in [3.63, 3.8) is 0 Å². The normalized spacial score (nSPS) is 10.6. The molecule has 1 amide bonds. The van der Waals surface area contributed by atoms with Crippen molar-refractivity contribution < 1.29 is 4.79 Å². The lowest BCUT2D eigenvalue weighted by Gasteiger charge is -2.22. The Bertz CT molecular complexity index is 687. The minimum absolute atomic E-state index is 0.219. The third-order valence-electron chi connectivity index (χ3n) is 4.57. The molecular formula is C22H30N2O. The van der Waals surface area contributed by atoms with Gasteiger partial charge >= 0.3 is 0 Å². The maximum atomic E-state index is 12.5. The van der Waals surface area contributed by atoms with Gasteiger partial charge in [-0.05, 0) is 36.6 Å². The van der Waals surface area contributed by atoms with Crippen molar-refractivity contribution >= 4 is 5.91 Å². The fraction of sp³-hybridized carbons (Fsp3) is 0.409. The van der Waals surface area contributed by atoms with Crippen LogP contribution in [-0.4, -0.2) is 21.9 Å². The summed E-state index contributed by atoms with van der Waals surface area (Å²) in [5, 5.41) is 0. The summed E-state index contributed by atoms with van der Waals surface area (Å²) in [6.07, 6.45) is 7.74. The highest BCUT2D eigenvalue weighted by Gasteiger charge is 2.14. The zero-order valence-corrected chi connectivity index (χ0v) is 15.6. The average molecular weight is 338 g/mol.